The van der Waals surface area contributed by atoms with Crippen LogP contribution in [0.2, 0.25) is 0 Å². The fourth-order valence-corrected chi connectivity index (χ4v) is 6.08. The third-order valence-electron chi connectivity index (χ3n) is 6.84. The van der Waals surface area contributed by atoms with Gasteiger partial charge in [-0.1, -0.05) is 27.7 Å². The Morgan fingerprint density at radius 3 is 2.65 bits per heavy atom. The van der Waals surface area contributed by atoms with Gasteiger partial charge in [-0.25, -0.2) is 9.97 Å². The summed E-state index contributed by atoms with van der Waals surface area (Å²) in [7, 11) is 0. The molecule has 3 aromatic heterocycles. The van der Waals surface area contributed by atoms with Crippen LogP contribution < -0.4 is 0 Å². The maximum absolute atomic E-state index is 13.3. The second kappa shape index (κ2) is 8.80. The fraction of sp³-hybridized carbons (Fsp3) is 0.538. The van der Waals surface area contributed by atoms with Gasteiger partial charge in [0.25, 0.3) is 0 Å². The highest BCUT2D eigenvalue weighted by Gasteiger charge is 2.39. The Bertz CT molecular complexity index is 1250. The zero-order chi connectivity index (χ0) is 24.8. The lowest BCUT2D eigenvalue weighted by atomic mass is 9.79. The summed E-state index contributed by atoms with van der Waals surface area (Å²) < 4.78 is 2.24. The number of carboxylic acids is 1. The summed E-state index contributed by atoms with van der Waals surface area (Å²) in [5.74, 6) is -0.756. The fourth-order valence-electron chi connectivity index (χ4n) is 5.25. The summed E-state index contributed by atoms with van der Waals surface area (Å²) in [4.78, 5) is 37.1. The van der Waals surface area contributed by atoms with Gasteiger partial charge in [0, 0.05) is 40.5 Å². The van der Waals surface area contributed by atoms with Crippen molar-refractivity contribution in [2.45, 2.75) is 79.3 Å². The van der Waals surface area contributed by atoms with Crippen molar-refractivity contribution in [3.63, 3.8) is 0 Å². The van der Waals surface area contributed by atoms with Gasteiger partial charge in [-0.3, -0.25) is 9.59 Å². The van der Waals surface area contributed by atoms with Crippen LogP contribution in [0.5, 0.6) is 0 Å². The highest BCUT2D eigenvalue weighted by molar-refractivity contribution is 7.11. The largest absolute Gasteiger partial charge is 0.481 e. The molecule has 0 saturated carbocycles. The van der Waals surface area contributed by atoms with Crippen LogP contribution in [0.25, 0.3) is 11.0 Å². The molecule has 0 aromatic carbocycles. The molecule has 34 heavy (non-hydrogen) atoms. The number of carbonyl (C=O) groups excluding carboxylic acids is 1. The number of carboxylic acid groups (broad SMARTS) is 1. The molecule has 0 aliphatic carbocycles. The Balaban J connectivity index is 1.68. The first kappa shape index (κ1) is 24.4. The van der Waals surface area contributed by atoms with Crippen molar-refractivity contribution < 1.29 is 14.7 Å². The third kappa shape index (κ3) is 4.73. The quantitative estimate of drug-likeness (QED) is 0.509. The van der Waals surface area contributed by atoms with Crippen LogP contribution in [-0.4, -0.2) is 43.0 Å². The Morgan fingerprint density at radius 1 is 1.26 bits per heavy atom. The molecule has 3 aromatic rings. The molecule has 1 N–H and O–H groups in total. The molecule has 1 amide bonds. The van der Waals surface area contributed by atoms with Gasteiger partial charge < -0.3 is 14.6 Å². The molecule has 4 rings (SSSR count). The molecule has 0 fully saturated rings. The summed E-state index contributed by atoms with van der Waals surface area (Å²) in [6.45, 7) is 14.1. The zero-order valence-electron chi connectivity index (χ0n) is 20.9. The number of amides is 1. The Morgan fingerprint density at radius 2 is 2.00 bits per heavy atom. The van der Waals surface area contributed by atoms with E-state index in [-0.39, 0.29) is 17.7 Å². The predicted molar refractivity (Wildman–Crippen MR) is 134 cm³/mol. The van der Waals surface area contributed by atoms with Crippen LogP contribution in [0.15, 0.2) is 18.3 Å². The predicted octanol–water partition coefficient (Wildman–Crippen LogP) is 5.06. The molecule has 182 valence electrons. The first-order chi connectivity index (χ1) is 15.9. The van der Waals surface area contributed by atoms with Crippen LogP contribution in [-0.2, 0) is 28.1 Å². The molecule has 0 radical (unpaired) electrons. The monoisotopic (exact) mass is 482 g/mol. The van der Waals surface area contributed by atoms with E-state index >= 15 is 0 Å². The molecule has 8 heteroatoms. The van der Waals surface area contributed by atoms with Crippen LogP contribution in [0.1, 0.15) is 73.8 Å². The van der Waals surface area contributed by atoms with Gasteiger partial charge >= 0.3 is 5.97 Å². The minimum absolute atomic E-state index is 0.0578. The number of pyridine rings is 1. The van der Waals surface area contributed by atoms with E-state index in [4.69, 9.17) is 9.97 Å². The molecule has 0 spiro atoms. The molecular weight excluding hydrogens is 448 g/mol. The van der Waals surface area contributed by atoms with Gasteiger partial charge in [-0.05, 0) is 43.4 Å². The van der Waals surface area contributed by atoms with E-state index in [1.54, 1.807) is 11.3 Å². The van der Waals surface area contributed by atoms with Crippen LogP contribution in [0.4, 0.5) is 0 Å². The number of hydrogen-bond acceptors (Lipinski definition) is 5. The number of carbonyl (C=O) groups is 2. The standard InChI is InChI=1S/C26H34N4O3S/c1-16-19(28-17(2)34-16)13-30-20-14-29(21(31)9-10-25(3,4)12-22(32)33)15-26(5,6)23(20)18-8-7-11-27-24(18)30/h7-8,11H,9-10,12-15H2,1-6H3,(H,32,33). The highest BCUT2D eigenvalue weighted by atomic mass is 32.1. The topological polar surface area (TPSA) is 88.3 Å². The van der Waals surface area contributed by atoms with Crippen LogP contribution in [0.3, 0.4) is 0 Å². The van der Waals surface area contributed by atoms with E-state index in [1.165, 1.54) is 10.4 Å². The smallest absolute Gasteiger partial charge is 0.303 e. The maximum Gasteiger partial charge on any atom is 0.303 e. The van der Waals surface area contributed by atoms with Crippen molar-refractivity contribution in [3.8, 4) is 0 Å². The van der Waals surface area contributed by atoms with Crippen molar-refractivity contribution in [3.05, 3.63) is 45.2 Å². The summed E-state index contributed by atoms with van der Waals surface area (Å²) in [6.07, 6.45) is 2.77. The Kier molecular flexibility index (Phi) is 6.31. The summed E-state index contributed by atoms with van der Waals surface area (Å²) in [6, 6.07) is 4.10. The van der Waals surface area contributed by atoms with E-state index in [2.05, 4.69) is 31.4 Å². The number of rotatable bonds is 7. The number of aromatic nitrogens is 3. The minimum atomic E-state index is -0.828. The van der Waals surface area contributed by atoms with Gasteiger partial charge in [0.1, 0.15) is 5.65 Å². The molecule has 4 heterocycles. The molecule has 0 unspecified atom stereocenters. The second-order valence-corrected chi connectivity index (χ2v) is 12.3. The SMILES string of the molecule is Cc1nc(Cn2c3c(c4cccnc42)C(C)(C)CN(C(=O)CCC(C)(C)CC(=O)O)C3)c(C)s1. The zero-order valence-corrected chi connectivity index (χ0v) is 21.8. The van der Waals surface area contributed by atoms with Crippen LogP contribution >= 0.6 is 11.3 Å². The molecular formula is C26H34N4O3S. The number of nitrogens with zero attached hydrogens (tertiary/aromatic N) is 4. The van der Waals surface area contributed by atoms with E-state index in [1.807, 2.05) is 37.9 Å². The van der Waals surface area contributed by atoms with E-state index < -0.39 is 11.4 Å². The van der Waals surface area contributed by atoms with Gasteiger partial charge in [0.05, 0.1) is 30.2 Å². The lowest BCUT2D eigenvalue weighted by molar-refractivity contribution is -0.140. The second-order valence-electron chi connectivity index (χ2n) is 10.9. The lowest BCUT2D eigenvalue weighted by Crippen LogP contribution is -2.45. The molecule has 1 aliphatic heterocycles. The first-order valence-corrected chi connectivity index (χ1v) is 12.6. The molecule has 0 atom stereocenters. The van der Waals surface area contributed by atoms with Gasteiger partial charge in [0.15, 0.2) is 0 Å². The average molecular weight is 483 g/mol. The third-order valence-corrected chi connectivity index (χ3v) is 7.76. The number of fused-ring (bicyclic) bond motifs is 3. The van der Waals surface area contributed by atoms with Crippen molar-refractivity contribution in [2.75, 3.05) is 6.54 Å². The van der Waals surface area contributed by atoms with Crippen molar-refractivity contribution >= 4 is 34.2 Å². The molecule has 0 bridgehead atoms. The van der Waals surface area contributed by atoms with Crippen molar-refractivity contribution in [1.82, 2.24) is 19.4 Å². The maximum atomic E-state index is 13.3. The summed E-state index contributed by atoms with van der Waals surface area (Å²) in [5, 5.41) is 11.4. The van der Waals surface area contributed by atoms with Gasteiger partial charge in [-0.15, -0.1) is 11.3 Å². The average Bonchev–Trinajstić information content (AvgIpc) is 3.22. The van der Waals surface area contributed by atoms with Crippen LogP contribution in [0, 0.1) is 19.3 Å². The van der Waals surface area contributed by atoms with E-state index in [0.29, 0.717) is 32.5 Å². The Hall–Kier alpha value is -2.74. The highest BCUT2D eigenvalue weighted by Crippen LogP contribution is 2.41. The number of thiazole rings is 1. The molecule has 7 nitrogen and oxygen atoms in total. The summed E-state index contributed by atoms with van der Waals surface area (Å²) in [5.41, 5.74) is 3.70. The number of aryl methyl sites for hydroxylation is 2. The van der Waals surface area contributed by atoms with E-state index in [0.717, 1.165) is 27.4 Å². The molecule has 1 aliphatic rings. The van der Waals surface area contributed by atoms with Gasteiger partial charge in [0.2, 0.25) is 5.91 Å². The van der Waals surface area contributed by atoms with Crippen molar-refractivity contribution in [1.29, 1.82) is 0 Å². The summed E-state index contributed by atoms with van der Waals surface area (Å²) >= 11 is 1.70. The number of hydrogen-bond donors (Lipinski definition) is 1. The normalized spacial score (nSPS) is 15.5. The Labute approximate surface area is 204 Å². The lowest BCUT2D eigenvalue weighted by Gasteiger charge is -2.39. The number of aliphatic carboxylic acids is 1. The molecule has 0 saturated heterocycles. The minimum Gasteiger partial charge on any atom is -0.481 e. The van der Waals surface area contributed by atoms with E-state index in [9.17, 15) is 14.7 Å². The first-order valence-electron chi connectivity index (χ1n) is 11.8. The van der Waals surface area contributed by atoms with Gasteiger partial charge in [-0.2, -0.15) is 0 Å². The van der Waals surface area contributed by atoms with Crippen molar-refractivity contribution in [2.24, 2.45) is 5.41 Å².